The Kier molecular flexibility index (Phi) is 31.3. The van der Waals surface area contributed by atoms with Crippen molar-refractivity contribution in [1.29, 1.82) is 0 Å². The highest BCUT2D eigenvalue weighted by Gasteiger charge is 2.39. The number of carbonyl (C=O) groups is 3. The number of carbonyl (C=O) groups excluding carboxylic acids is 3. The fourth-order valence-corrected chi connectivity index (χ4v) is 6.95. The number of hydrogen-bond acceptors (Lipinski definition) is 12. The highest BCUT2D eigenvalue weighted by Crippen LogP contribution is 2.43. The molecule has 0 saturated heterocycles. The largest absolute Gasteiger partial charge is 0.472 e. The molecule has 5 N–H and O–H groups in total. The second kappa shape index (κ2) is 34.0. The Hall–Kier alpha value is -2.74. The molecule has 0 aromatic rings. The van der Waals surface area contributed by atoms with Crippen molar-refractivity contribution in [1.82, 2.24) is 0 Å². The highest BCUT2D eigenvalue weighted by atomic mass is 31.2. The molecule has 1 fully saturated rings. The number of esters is 2. The molecule has 0 aliphatic heterocycles. The lowest BCUT2D eigenvalue weighted by Crippen LogP contribution is -2.29. The molecule has 0 radical (unpaired) electrons. The Bertz CT molecular complexity index is 1310. The van der Waals surface area contributed by atoms with E-state index in [9.17, 15) is 39.2 Å². The predicted octanol–water partition coefficient (Wildman–Crippen LogP) is 7.70. The lowest BCUT2D eigenvalue weighted by molar-refractivity contribution is -0.161. The van der Waals surface area contributed by atoms with Crippen molar-refractivity contribution < 1.29 is 62.8 Å². The van der Waals surface area contributed by atoms with Gasteiger partial charge in [0.05, 0.1) is 32.0 Å². The van der Waals surface area contributed by atoms with Crippen LogP contribution in [0, 0.1) is 11.8 Å². The number of allylic oxidation sites excluding steroid dienone is 8. The van der Waals surface area contributed by atoms with Crippen LogP contribution in [-0.4, -0.2) is 93.9 Å². The number of hydrogen-bond donors (Lipinski definition) is 5. The quantitative estimate of drug-likeness (QED) is 0.0180. The van der Waals surface area contributed by atoms with Crippen molar-refractivity contribution in [2.45, 2.75) is 160 Å². The fraction of sp³-hybridized carbons (Fsp3) is 0.705. The summed E-state index contributed by atoms with van der Waals surface area (Å²) < 4.78 is 32.6. The van der Waals surface area contributed by atoms with Crippen LogP contribution in [0.1, 0.15) is 136 Å². The minimum atomic E-state index is -4.69. The van der Waals surface area contributed by atoms with Gasteiger partial charge >= 0.3 is 19.8 Å². The van der Waals surface area contributed by atoms with E-state index in [1.54, 1.807) is 12.2 Å². The maximum Gasteiger partial charge on any atom is 0.472 e. The van der Waals surface area contributed by atoms with Gasteiger partial charge in [-0.25, -0.2) is 4.57 Å². The number of Topliss-reactive ketones (excluding diaryl/α,β-unsaturated/α-hetero) is 1. The zero-order valence-electron chi connectivity index (χ0n) is 35.0. The molecular formula is C44H73O13P. The number of rotatable bonds is 35. The van der Waals surface area contributed by atoms with E-state index < -0.39 is 70.6 Å². The molecule has 0 spiro atoms. The lowest BCUT2D eigenvalue weighted by Gasteiger charge is -2.20. The van der Waals surface area contributed by atoms with E-state index in [4.69, 9.17) is 19.1 Å². The predicted molar refractivity (Wildman–Crippen MR) is 224 cm³/mol. The maximum absolute atomic E-state index is 12.6. The van der Waals surface area contributed by atoms with E-state index in [-0.39, 0.29) is 36.9 Å². The van der Waals surface area contributed by atoms with E-state index in [0.717, 1.165) is 70.6 Å². The van der Waals surface area contributed by atoms with Crippen LogP contribution in [0.3, 0.4) is 0 Å². The molecule has 1 aliphatic rings. The van der Waals surface area contributed by atoms with Gasteiger partial charge in [0.15, 0.2) is 6.10 Å². The summed E-state index contributed by atoms with van der Waals surface area (Å²) in [4.78, 5) is 47.7. The average molecular weight is 841 g/mol. The third-order valence-electron chi connectivity index (χ3n) is 9.52. The first-order valence-corrected chi connectivity index (χ1v) is 22.8. The molecular weight excluding hydrogens is 767 g/mol. The van der Waals surface area contributed by atoms with Crippen molar-refractivity contribution in [2.24, 2.45) is 11.8 Å². The molecule has 14 heteroatoms. The number of phosphoric acid groups is 1. The monoisotopic (exact) mass is 840 g/mol. The normalized spacial score (nSPS) is 20.2. The van der Waals surface area contributed by atoms with E-state index in [2.05, 4.69) is 54.8 Å². The molecule has 0 heterocycles. The van der Waals surface area contributed by atoms with Gasteiger partial charge in [-0.05, 0) is 64.2 Å². The highest BCUT2D eigenvalue weighted by molar-refractivity contribution is 7.47. The standard InChI is InChI=1S/C44H73O13P/c1-3-5-7-8-9-10-11-12-13-14-15-16-17-18-24-28-44(51)57-38(35-56-58(52,53)55-33-37(47)32-45)34-54-43(50)27-23-20-19-22-26-39-40(42(49)31-41(39)48)30-29-36(46)25-21-6-4-2/h5,7,9-10,12-13,19,22,29-30,36-40,42,45-47,49H,3-4,6,8,11,14-18,20-21,23-28,31-35H2,1-2H3,(H,52,53)/b7-5-,10-9-,13-12-,22-19-,30-29+/t36-,37-,38+,39+,40+,42+/m0/s1. The Balaban J connectivity index is 2.50. The Morgan fingerprint density at radius 3 is 2.16 bits per heavy atom. The molecule has 0 amide bonds. The van der Waals surface area contributed by atoms with Crippen LogP contribution in [0.15, 0.2) is 60.8 Å². The summed E-state index contributed by atoms with van der Waals surface area (Å²) in [5.41, 5.74) is 0. The third-order valence-corrected chi connectivity index (χ3v) is 10.5. The number of aliphatic hydroxyl groups is 4. The number of phosphoric ester groups is 1. The topological polar surface area (TPSA) is 206 Å². The molecule has 58 heavy (non-hydrogen) atoms. The molecule has 13 nitrogen and oxygen atoms in total. The van der Waals surface area contributed by atoms with E-state index >= 15 is 0 Å². The van der Waals surface area contributed by atoms with Crippen molar-refractivity contribution in [2.75, 3.05) is 26.4 Å². The van der Waals surface area contributed by atoms with Crippen LogP contribution >= 0.6 is 7.82 Å². The van der Waals surface area contributed by atoms with Gasteiger partial charge in [0.25, 0.3) is 0 Å². The second-order valence-electron chi connectivity index (χ2n) is 14.8. The molecule has 7 atom stereocenters. The molecule has 1 rings (SSSR count). The Labute approximate surface area is 346 Å². The first kappa shape index (κ1) is 53.3. The Morgan fingerprint density at radius 1 is 0.793 bits per heavy atom. The molecule has 0 aromatic carbocycles. The van der Waals surface area contributed by atoms with Crippen LogP contribution in [-0.2, 0) is 37.5 Å². The first-order valence-electron chi connectivity index (χ1n) is 21.3. The third kappa shape index (κ3) is 27.9. The van der Waals surface area contributed by atoms with Crippen molar-refractivity contribution in [3.05, 3.63) is 60.8 Å². The van der Waals surface area contributed by atoms with E-state index in [1.807, 2.05) is 12.2 Å². The van der Waals surface area contributed by atoms with Crippen LogP contribution < -0.4 is 0 Å². The van der Waals surface area contributed by atoms with Crippen molar-refractivity contribution in [3.63, 3.8) is 0 Å². The van der Waals surface area contributed by atoms with Gasteiger partial charge in [-0.2, -0.15) is 0 Å². The fourth-order valence-electron chi connectivity index (χ4n) is 6.16. The van der Waals surface area contributed by atoms with Gasteiger partial charge in [-0.15, -0.1) is 0 Å². The molecule has 0 bridgehead atoms. The second-order valence-corrected chi connectivity index (χ2v) is 16.2. The smallest absolute Gasteiger partial charge is 0.462 e. The summed E-state index contributed by atoms with van der Waals surface area (Å²) in [5.74, 6) is -1.92. The summed E-state index contributed by atoms with van der Waals surface area (Å²) in [6.45, 7) is 1.82. The summed E-state index contributed by atoms with van der Waals surface area (Å²) in [6.07, 6.45) is 29.8. The number of aliphatic hydroxyl groups excluding tert-OH is 4. The SMILES string of the molecule is CC/C=C\C/C=C\C/C=C\CCCCCCCC(=O)O[C@H](COC(=O)CCC/C=C\C[C@H]1C(=O)C[C@@H](O)[C@@H]1/C=C/[C@@H](O)CCCCC)COP(=O)(O)OC[C@@H](O)CO. The minimum absolute atomic E-state index is 0.0216. The van der Waals surface area contributed by atoms with Crippen molar-refractivity contribution >= 4 is 25.5 Å². The lowest BCUT2D eigenvalue weighted by atomic mass is 9.90. The van der Waals surface area contributed by atoms with E-state index in [0.29, 0.717) is 32.1 Å². The summed E-state index contributed by atoms with van der Waals surface area (Å²) in [5, 5.41) is 39.0. The van der Waals surface area contributed by atoms with Crippen molar-refractivity contribution in [3.8, 4) is 0 Å². The van der Waals surface area contributed by atoms with Gasteiger partial charge in [0, 0.05) is 31.1 Å². The van der Waals surface area contributed by atoms with Gasteiger partial charge in [0.1, 0.15) is 18.5 Å². The molecule has 332 valence electrons. The van der Waals surface area contributed by atoms with Crippen LogP contribution in [0.5, 0.6) is 0 Å². The van der Waals surface area contributed by atoms with Gasteiger partial charge < -0.3 is 34.8 Å². The van der Waals surface area contributed by atoms with Gasteiger partial charge in [-0.1, -0.05) is 113 Å². The number of ether oxygens (including phenoxy) is 2. The zero-order valence-corrected chi connectivity index (χ0v) is 35.8. The van der Waals surface area contributed by atoms with Gasteiger partial charge in [0.2, 0.25) is 0 Å². The summed E-state index contributed by atoms with van der Waals surface area (Å²) in [7, 11) is -4.69. The van der Waals surface area contributed by atoms with Crippen LogP contribution in [0.2, 0.25) is 0 Å². The average Bonchev–Trinajstić information content (AvgIpc) is 3.47. The summed E-state index contributed by atoms with van der Waals surface area (Å²) in [6, 6.07) is 0. The van der Waals surface area contributed by atoms with Crippen LogP contribution in [0.4, 0.5) is 0 Å². The Morgan fingerprint density at radius 2 is 1.43 bits per heavy atom. The van der Waals surface area contributed by atoms with Gasteiger partial charge in [-0.3, -0.25) is 23.4 Å². The zero-order chi connectivity index (χ0) is 42.9. The molecule has 1 saturated carbocycles. The van der Waals surface area contributed by atoms with Crippen LogP contribution in [0.25, 0.3) is 0 Å². The minimum Gasteiger partial charge on any atom is -0.462 e. The summed E-state index contributed by atoms with van der Waals surface area (Å²) >= 11 is 0. The molecule has 1 aliphatic carbocycles. The van der Waals surface area contributed by atoms with E-state index in [1.165, 1.54) is 0 Å². The maximum atomic E-state index is 12.6. The first-order chi connectivity index (χ1) is 27.9. The molecule has 0 aromatic heterocycles. The number of unbranched alkanes of at least 4 members (excludes halogenated alkanes) is 8. The molecule has 1 unspecified atom stereocenters. The number of ketones is 1.